The predicted molar refractivity (Wildman–Crippen MR) is 137 cm³/mol. The molecule has 3 aromatic carbocycles. The number of aromatic nitrogens is 5. The number of nitrogens with zero attached hydrogens (tertiary/aromatic N) is 5. The fourth-order valence-corrected chi connectivity index (χ4v) is 4.65. The standard InChI is InChI=1S/C28H24N6O/c1-17-12-13-21(14-18(17)2)33-16-20(31-32-33)15-29-28(35)26-19(3)30-27-24-10-5-4-8-22(24)23-9-6-7-11-25(23)34(26)27/h4-14,16H,15H2,1-3H3,(H,29,35). The number of benzene rings is 3. The molecule has 35 heavy (non-hydrogen) atoms. The molecule has 3 heterocycles. The van der Waals surface area contributed by atoms with Crippen molar-refractivity contribution in [1.29, 1.82) is 0 Å². The van der Waals surface area contributed by atoms with Gasteiger partial charge in [0.2, 0.25) is 0 Å². The van der Waals surface area contributed by atoms with Gasteiger partial charge in [0.25, 0.3) is 5.91 Å². The van der Waals surface area contributed by atoms with Gasteiger partial charge in [-0.2, -0.15) is 0 Å². The van der Waals surface area contributed by atoms with E-state index >= 15 is 0 Å². The van der Waals surface area contributed by atoms with Crippen LogP contribution in [0.25, 0.3) is 33.0 Å². The highest BCUT2D eigenvalue weighted by Crippen LogP contribution is 2.31. The number of imidazole rings is 1. The van der Waals surface area contributed by atoms with Crippen LogP contribution < -0.4 is 5.32 Å². The van der Waals surface area contributed by atoms with Crippen molar-refractivity contribution < 1.29 is 4.79 Å². The first-order chi connectivity index (χ1) is 17.0. The van der Waals surface area contributed by atoms with Crippen LogP contribution in [0, 0.1) is 20.8 Å². The molecule has 0 aliphatic carbocycles. The van der Waals surface area contributed by atoms with E-state index in [4.69, 9.17) is 4.98 Å². The van der Waals surface area contributed by atoms with Crippen LogP contribution in [0.1, 0.15) is 33.0 Å². The van der Waals surface area contributed by atoms with Crippen molar-refractivity contribution in [2.75, 3.05) is 0 Å². The summed E-state index contributed by atoms with van der Waals surface area (Å²) in [5.41, 5.74) is 6.98. The molecule has 6 aromatic rings. The lowest BCUT2D eigenvalue weighted by molar-refractivity contribution is 0.0944. The zero-order chi connectivity index (χ0) is 24.1. The zero-order valence-corrected chi connectivity index (χ0v) is 19.8. The molecule has 0 bridgehead atoms. The van der Waals surface area contributed by atoms with Crippen LogP contribution in [-0.2, 0) is 6.54 Å². The Morgan fingerprint density at radius 3 is 2.43 bits per heavy atom. The van der Waals surface area contributed by atoms with Gasteiger partial charge in [-0.15, -0.1) is 5.10 Å². The van der Waals surface area contributed by atoms with Crippen LogP contribution in [0.15, 0.2) is 72.9 Å². The second-order valence-corrected chi connectivity index (χ2v) is 8.87. The summed E-state index contributed by atoms with van der Waals surface area (Å²) in [4.78, 5) is 18.2. The quantitative estimate of drug-likeness (QED) is 0.372. The fourth-order valence-electron chi connectivity index (χ4n) is 4.65. The van der Waals surface area contributed by atoms with Crippen molar-refractivity contribution >= 4 is 33.2 Å². The maximum atomic E-state index is 13.4. The molecule has 1 N–H and O–H groups in total. The van der Waals surface area contributed by atoms with Gasteiger partial charge in [-0.3, -0.25) is 9.20 Å². The lowest BCUT2D eigenvalue weighted by Gasteiger charge is -2.10. The molecular formula is C28H24N6O. The van der Waals surface area contributed by atoms with Gasteiger partial charge in [0.1, 0.15) is 17.0 Å². The third kappa shape index (κ3) is 3.44. The lowest BCUT2D eigenvalue weighted by Crippen LogP contribution is -2.25. The summed E-state index contributed by atoms with van der Waals surface area (Å²) in [5.74, 6) is -0.198. The summed E-state index contributed by atoms with van der Waals surface area (Å²) in [7, 11) is 0. The number of hydrogen-bond donors (Lipinski definition) is 1. The van der Waals surface area contributed by atoms with Crippen LogP contribution in [0.3, 0.4) is 0 Å². The Morgan fingerprint density at radius 1 is 0.886 bits per heavy atom. The summed E-state index contributed by atoms with van der Waals surface area (Å²) in [6.45, 7) is 6.29. The molecule has 0 spiro atoms. The number of nitrogens with one attached hydrogen (secondary N) is 1. The minimum atomic E-state index is -0.198. The maximum Gasteiger partial charge on any atom is 0.270 e. The number of rotatable bonds is 4. The smallest absolute Gasteiger partial charge is 0.270 e. The molecule has 1 amide bonds. The molecule has 7 heteroatoms. The molecule has 0 fully saturated rings. The number of aryl methyl sites for hydroxylation is 3. The molecule has 6 rings (SSSR count). The van der Waals surface area contributed by atoms with Crippen LogP contribution in [0.5, 0.6) is 0 Å². The van der Waals surface area contributed by atoms with Crippen molar-refractivity contribution in [2.24, 2.45) is 0 Å². The minimum absolute atomic E-state index is 0.198. The highest BCUT2D eigenvalue weighted by atomic mass is 16.2. The second kappa shape index (κ2) is 8.06. The van der Waals surface area contributed by atoms with Crippen molar-refractivity contribution in [3.63, 3.8) is 0 Å². The monoisotopic (exact) mass is 460 g/mol. The summed E-state index contributed by atoms with van der Waals surface area (Å²) < 4.78 is 3.70. The Morgan fingerprint density at radius 2 is 1.63 bits per heavy atom. The third-order valence-electron chi connectivity index (χ3n) is 6.60. The van der Waals surface area contributed by atoms with E-state index in [1.54, 1.807) is 4.68 Å². The second-order valence-electron chi connectivity index (χ2n) is 8.87. The molecular weight excluding hydrogens is 436 g/mol. The highest BCUT2D eigenvalue weighted by molar-refractivity contribution is 6.13. The summed E-state index contributed by atoms with van der Waals surface area (Å²) in [6, 6.07) is 22.4. The molecule has 7 nitrogen and oxygen atoms in total. The van der Waals surface area contributed by atoms with Crippen LogP contribution in [-0.4, -0.2) is 30.3 Å². The van der Waals surface area contributed by atoms with Crippen molar-refractivity contribution in [3.8, 4) is 5.69 Å². The first-order valence-electron chi connectivity index (χ1n) is 11.6. The normalized spacial score (nSPS) is 11.5. The molecule has 3 aromatic heterocycles. The Bertz CT molecular complexity index is 1760. The zero-order valence-electron chi connectivity index (χ0n) is 19.8. The Hall–Kier alpha value is -4.52. The van der Waals surface area contributed by atoms with Gasteiger partial charge in [0, 0.05) is 10.8 Å². The maximum absolute atomic E-state index is 13.4. The van der Waals surface area contributed by atoms with E-state index in [1.807, 2.05) is 53.9 Å². The van der Waals surface area contributed by atoms with Crippen molar-refractivity contribution in [1.82, 2.24) is 29.7 Å². The predicted octanol–water partition coefficient (Wildman–Crippen LogP) is 5.08. The largest absolute Gasteiger partial charge is 0.345 e. The number of hydrogen-bond acceptors (Lipinski definition) is 4. The lowest BCUT2D eigenvalue weighted by atomic mass is 10.1. The topological polar surface area (TPSA) is 77.1 Å². The van der Waals surface area contributed by atoms with Gasteiger partial charge < -0.3 is 5.32 Å². The van der Waals surface area contributed by atoms with E-state index in [0.717, 1.165) is 33.0 Å². The van der Waals surface area contributed by atoms with E-state index in [2.05, 4.69) is 59.8 Å². The van der Waals surface area contributed by atoms with Crippen molar-refractivity contribution in [2.45, 2.75) is 27.3 Å². The average Bonchev–Trinajstić information content (AvgIpc) is 3.49. The first kappa shape index (κ1) is 21.0. The molecule has 0 saturated heterocycles. The van der Waals surface area contributed by atoms with E-state index in [0.29, 0.717) is 17.1 Å². The number of para-hydroxylation sites is 1. The molecule has 0 saturated carbocycles. The summed E-state index contributed by atoms with van der Waals surface area (Å²) >= 11 is 0. The number of fused-ring (bicyclic) bond motifs is 6. The molecule has 0 aliphatic heterocycles. The summed E-state index contributed by atoms with van der Waals surface area (Å²) in [5, 5.41) is 14.7. The van der Waals surface area contributed by atoms with Gasteiger partial charge in [-0.05, 0) is 55.5 Å². The molecule has 0 aliphatic rings. The van der Waals surface area contributed by atoms with Gasteiger partial charge in [-0.1, -0.05) is 53.7 Å². The molecule has 0 radical (unpaired) electrons. The SMILES string of the molecule is Cc1ccc(-n2cc(CNC(=O)c3c(C)nc4c5ccccc5c5ccccc5n34)nn2)cc1C. The first-order valence-corrected chi connectivity index (χ1v) is 11.6. The fraction of sp³-hybridized carbons (Fsp3) is 0.143. The Kier molecular flexibility index (Phi) is 4.84. The Balaban J connectivity index is 1.35. The summed E-state index contributed by atoms with van der Waals surface area (Å²) in [6.07, 6.45) is 1.84. The van der Waals surface area contributed by atoms with Gasteiger partial charge in [0.15, 0.2) is 0 Å². The van der Waals surface area contributed by atoms with Gasteiger partial charge in [-0.25, -0.2) is 9.67 Å². The van der Waals surface area contributed by atoms with E-state index in [1.165, 1.54) is 11.1 Å². The molecule has 0 atom stereocenters. The minimum Gasteiger partial charge on any atom is -0.345 e. The number of amides is 1. The number of pyridine rings is 1. The van der Waals surface area contributed by atoms with Gasteiger partial charge in [0.05, 0.1) is 29.6 Å². The molecule has 172 valence electrons. The van der Waals surface area contributed by atoms with Crippen molar-refractivity contribution in [3.05, 3.63) is 101 Å². The van der Waals surface area contributed by atoms with Gasteiger partial charge >= 0.3 is 0 Å². The Labute approximate surface area is 202 Å². The van der Waals surface area contributed by atoms with E-state index in [9.17, 15) is 4.79 Å². The van der Waals surface area contributed by atoms with Crippen LogP contribution >= 0.6 is 0 Å². The van der Waals surface area contributed by atoms with E-state index < -0.39 is 0 Å². The van der Waals surface area contributed by atoms with Crippen LogP contribution in [0.4, 0.5) is 0 Å². The number of carbonyl (C=O) groups excluding carboxylic acids is 1. The number of carbonyl (C=O) groups is 1. The molecule has 0 unspecified atom stereocenters. The van der Waals surface area contributed by atoms with Crippen LogP contribution in [0.2, 0.25) is 0 Å². The highest BCUT2D eigenvalue weighted by Gasteiger charge is 2.21. The van der Waals surface area contributed by atoms with E-state index in [-0.39, 0.29) is 12.5 Å². The average molecular weight is 461 g/mol. The third-order valence-corrected chi connectivity index (χ3v) is 6.60.